The van der Waals surface area contributed by atoms with E-state index < -0.39 is 18.4 Å². The van der Waals surface area contributed by atoms with Crippen LogP contribution < -0.4 is 5.32 Å². The van der Waals surface area contributed by atoms with Gasteiger partial charge < -0.3 is 10.4 Å². The van der Waals surface area contributed by atoms with Crippen LogP contribution in [0.4, 0.5) is 8.78 Å². The van der Waals surface area contributed by atoms with Gasteiger partial charge in [-0.25, -0.2) is 0 Å². The van der Waals surface area contributed by atoms with E-state index in [1.165, 1.54) is 0 Å². The van der Waals surface area contributed by atoms with Crippen molar-refractivity contribution >= 4 is 5.91 Å². The van der Waals surface area contributed by atoms with E-state index in [4.69, 9.17) is 5.11 Å². The molecule has 0 heterocycles. The summed E-state index contributed by atoms with van der Waals surface area (Å²) in [6.45, 7) is 1.38. The molecule has 0 aliphatic rings. The second-order valence-electron chi connectivity index (χ2n) is 2.10. The van der Waals surface area contributed by atoms with Crippen LogP contribution in [0, 0.1) is 0 Å². The first-order valence-corrected chi connectivity index (χ1v) is 3.31. The first kappa shape index (κ1) is 10.3. The van der Waals surface area contributed by atoms with Gasteiger partial charge in [0.05, 0.1) is 12.6 Å². The molecule has 0 radical (unpaired) electrons. The molecule has 3 nitrogen and oxygen atoms in total. The molecule has 0 saturated carbocycles. The van der Waals surface area contributed by atoms with Gasteiger partial charge in [0, 0.05) is 0 Å². The van der Waals surface area contributed by atoms with Crippen LogP contribution in [-0.4, -0.2) is 30.1 Å². The lowest BCUT2D eigenvalue weighted by Gasteiger charge is -2.12. The van der Waals surface area contributed by atoms with E-state index in [1.807, 2.05) is 5.32 Å². The Morgan fingerprint density at radius 2 is 2.18 bits per heavy atom. The minimum absolute atomic E-state index is 0.311. The van der Waals surface area contributed by atoms with Gasteiger partial charge in [-0.3, -0.25) is 4.79 Å². The molecule has 0 aromatic carbocycles. The first-order valence-electron chi connectivity index (χ1n) is 3.31. The molecule has 1 amide bonds. The largest absolute Gasteiger partial charge is 0.394 e. The minimum atomic E-state index is -3.00. The van der Waals surface area contributed by atoms with Gasteiger partial charge in [-0.1, -0.05) is 6.92 Å². The van der Waals surface area contributed by atoms with E-state index in [1.54, 1.807) is 6.92 Å². The van der Waals surface area contributed by atoms with Crippen molar-refractivity contribution in [3.05, 3.63) is 0 Å². The summed E-state index contributed by atoms with van der Waals surface area (Å²) in [6, 6.07) is -0.559. The lowest BCUT2D eigenvalue weighted by molar-refractivity contribution is -0.132. The third-order valence-corrected chi connectivity index (χ3v) is 1.26. The van der Waals surface area contributed by atoms with Crippen LogP contribution >= 0.6 is 0 Å². The van der Waals surface area contributed by atoms with Crippen molar-refractivity contribution in [1.29, 1.82) is 0 Å². The summed E-state index contributed by atoms with van der Waals surface area (Å²) < 4.78 is 23.1. The zero-order valence-corrected chi connectivity index (χ0v) is 6.18. The molecule has 5 heteroatoms. The summed E-state index contributed by atoms with van der Waals surface area (Å²) in [5.74, 6) is -1.33. The number of hydrogen-bond acceptors (Lipinski definition) is 2. The highest BCUT2D eigenvalue weighted by molar-refractivity contribution is 5.79. The highest BCUT2D eigenvalue weighted by atomic mass is 19.3. The van der Waals surface area contributed by atoms with Gasteiger partial charge in [-0.05, 0) is 6.42 Å². The highest BCUT2D eigenvalue weighted by Gasteiger charge is 2.17. The fraction of sp³-hybridized carbons (Fsp3) is 0.833. The Bertz CT molecular complexity index is 126. The summed E-state index contributed by atoms with van der Waals surface area (Å²) >= 11 is 0. The first-order chi connectivity index (χ1) is 5.11. The molecule has 0 spiro atoms. The van der Waals surface area contributed by atoms with Gasteiger partial charge in [0.2, 0.25) is 0 Å². The molecule has 0 aliphatic heterocycles. The van der Waals surface area contributed by atoms with Crippen LogP contribution in [-0.2, 0) is 4.79 Å². The van der Waals surface area contributed by atoms with Gasteiger partial charge in [-0.15, -0.1) is 0 Å². The van der Waals surface area contributed by atoms with Crippen molar-refractivity contribution < 1.29 is 18.7 Å². The lowest BCUT2D eigenvalue weighted by atomic mass is 10.2. The van der Waals surface area contributed by atoms with E-state index in [-0.39, 0.29) is 6.61 Å². The molecular formula is C6H11F2NO2. The van der Waals surface area contributed by atoms with Gasteiger partial charge >= 0.3 is 6.43 Å². The Hall–Kier alpha value is -0.710. The molecule has 0 fully saturated rings. The van der Waals surface area contributed by atoms with E-state index in [0.717, 1.165) is 0 Å². The second kappa shape index (κ2) is 5.01. The zero-order valence-electron chi connectivity index (χ0n) is 6.18. The Morgan fingerprint density at radius 1 is 1.64 bits per heavy atom. The average Bonchev–Trinajstić information content (AvgIpc) is 1.99. The number of alkyl halides is 2. The third-order valence-electron chi connectivity index (χ3n) is 1.26. The van der Waals surface area contributed by atoms with Crippen LogP contribution in [0.3, 0.4) is 0 Å². The standard InChI is InChI=1S/C6H11F2NO2/c1-2-4(3-10)9-6(11)5(7)8/h4-5,10H,2-3H2,1H3,(H,9,11). The number of aliphatic hydroxyl groups excluding tert-OH is 1. The third kappa shape index (κ3) is 3.87. The summed E-state index contributed by atoms with van der Waals surface area (Å²) in [4.78, 5) is 10.3. The molecule has 66 valence electrons. The van der Waals surface area contributed by atoms with Crippen LogP contribution in [0.5, 0.6) is 0 Å². The van der Waals surface area contributed by atoms with Crippen molar-refractivity contribution in [3.8, 4) is 0 Å². The van der Waals surface area contributed by atoms with Gasteiger partial charge in [0.1, 0.15) is 0 Å². The van der Waals surface area contributed by atoms with Gasteiger partial charge in [0.25, 0.3) is 5.91 Å². The van der Waals surface area contributed by atoms with Crippen molar-refractivity contribution in [2.75, 3.05) is 6.61 Å². The normalized spacial score (nSPS) is 13.2. The Kier molecular flexibility index (Phi) is 4.69. The quantitative estimate of drug-likeness (QED) is 0.625. The SMILES string of the molecule is CCC(CO)NC(=O)C(F)F. The number of carbonyl (C=O) groups excluding carboxylic acids is 1. The molecule has 1 atom stereocenters. The van der Waals surface area contributed by atoms with Crippen LogP contribution in [0.1, 0.15) is 13.3 Å². The topological polar surface area (TPSA) is 49.3 Å². The molecule has 0 rings (SSSR count). The minimum Gasteiger partial charge on any atom is -0.394 e. The number of halogens is 2. The van der Waals surface area contributed by atoms with Crippen LogP contribution in [0.2, 0.25) is 0 Å². The van der Waals surface area contributed by atoms with E-state index >= 15 is 0 Å². The summed E-state index contributed by atoms with van der Waals surface area (Å²) in [5.41, 5.74) is 0. The maximum atomic E-state index is 11.6. The van der Waals surface area contributed by atoms with Crippen LogP contribution in [0.15, 0.2) is 0 Å². The molecule has 0 saturated heterocycles. The van der Waals surface area contributed by atoms with Crippen LogP contribution in [0.25, 0.3) is 0 Å². The Morgan fingerprint density at radius 3 is 2.45 bits per heavy atom. The molecule has 0 aromatic heterocycles. The molecule has 0 aliphatic carbocycles. The van der Waals surface area contributed by atoms with Gasteiger partial charge in [-0.2, -0.15) is 8.78 Å². The molecular weight excluding hydrogens is 156 g/mol. The smallest absolute Gasteiger partial charge is 0.315 e. The summed E-state index contributed by atoms with van der Waals surface area (Å²) in [7, 11) is 0. The zero-order chi connectivity index (χ0) is 8.85. The number of nitrogens with one attached hydrogen (secondary N) is 1. The average molecular weight is 167 g/mol. The highest BCUT2D eigenvalue weighted by Crippen LogP contribution is 1.94. The number of amides is 1. The molecule has 2 N–H and O–H groups in total. The maximum absolute atomic E-state index is 11.6. The number of aliphatic hydroxyl groups is 1. The monoisotopic (exact) mass is 167 g/mol. The molecule has 0 aromatic rings. The van der Waals surface area contributed by atoms with E-state index in [9.17, 15) is 13.6 Å². The summed E-state index contributed by atoms with van der Waals surface area (Å²) in [6.07, 6.45) is -2.56. The predicted molar refractivity (Wildman–Crippen MR) is 35.3 cm³/mol. The predicted octanol–water partition coefficient (Wildman–Crippen LogP) is 0.139. The Labute approximate surface area is 63.4 Å². The fourth-order valence-corrected chi connectivity index (χ4v) is 0.541. The second-order valence-corrected chi connectivity index (χ2v) is 2.10. The van der Waals surface area contributed by atoms with Gasteiger partial charge in [0.15, 0.2) is 0 Å². The number of hydrogen-bond donors (Lipinski definition) is 2. The fourth-order valence-electron chi connectivity index (χ4n) is 0.541. The molecule has 0 bridgehead atoms. The Balaban J connectivity index is 3.72. The maximum Gasteiger partial charge on any atom is 0.315 e. The number of rotatable bonds is 4. The molecule has 11 heavy (non-hydrogen) atoms. The summed E-state index contributed by atoms with van der Waals surface area (Å²) in [5, 5.41) is 10.5. The van der Waals surface area contributed by atoms with Crippen molar-refractivity contribution in [2.45, 2.75) is 25.8 Å². The molecule has 1 unspecified atom stereocenters. The van der Waals surface area contributed by atoms with E-state index in [2.05, 4.69) is 0 Å². The number of carbonyl (C=O) groups is 1. The van der Waals surface area contributed by atoms with Crippen molar-refractivity contribution in [3.63, 3.8) is 0 Å². The van der Waals surface area contributed by atoms with Crippen molar-refractivity contribution in [2.24, 2.45) is 0 Å². The lowest BCUT2D eigenvalue weighted by Crippen LogP contribution is -2.40. The van der Waals surface area contributed by atoms with Crippen molar-refractivity contribution in [1.82, 2.24) is 5.32 Å². The van der Waals surface area contributed by atoms with E-state index in [0.29, 0.717) is 6.42 Å².